The molecule has 3 rings (SSSR count). The van der Waals surface area contributed by atoms with Gasteiger partial charge in [-0.05, 0) is 42.0 Å². The predicted molar refractivity (Wildman–Crippen MR) is 114 cm³/mol. The van der Waals surface area contributed by atoms with Crippen molar-refractivity contribution >= 4 is 28.7 Å². The van der Waals surface area contributed by atoms with Crippen molar-refractivity contribution in [2.75, 3.05) is 32.0 Å². The number of benzene rings is 2. The first-order valence-electron chi connectivity index (χ1n) is 8.56. The van der Waals surface area contributed by atoms with Crippen molar-refractivity contribution in [3.8, 4) is 17.2 Å². The third kappa shape index (κ3) is 4.92. The van der Waals surface area contributed by atoms with E-state index in [1.807, 2.05) is 47.3 Å². The molecule has 2 N–H and O–H groups in total. The Kier molecular flexibility index (Phi) is 6.33. The zero-order chi connectivity index (χ0) is 19.9. The van der Waals surface area contributed by atoms with E-state index in [2.05, 4.69) is 15.7 Å². The molecule has 0 fully saturated rings. The second-order valence-electron chi connectivity index (χ2n) is 5.92. The van der Waals surface area contributed by atoms with Gasteiger partial charge in [-0.2, -0.15) is 5.10 Å². The first-order chi connectivity index (χ1) is 13.6. The lowest BCUT2D eigenvalue weighted by Gasteiger charge is -2.13. The number of ether oxygens (including phenoxy) is 3. The van der Waals surface area contributed by atoms with Crippen molar-refractivity contribution in [2.24, 2.45) is 0 Å². The second-order valence-corrected chi connectivity index (χ2v) is 6.33. The monoisotopic (exact) mass is 398 g/mol. The standard InChI is InChI=1S/C20H22N4O3S/c1-25-16-6-4-5-14(9-16)12-24-13-15(11-21-24)22-20(28)23-18-8-7-17(26-2)10-19(18)27-3/h4-11,13H,12H2,1-3H3,(H2,22,23,28). The van der Waals surface area contributed by atoms with E-state index in [1.165, 1.54) is 0 Å². The van der Waals surface area contributed by atoms with E-state index < -0.39 is 0 Å². The molecule has 0 amide bonds. The van der Waals surface area contributed by atoms with E-state index >= 15 is 0 Å². The number of hydrogen-bond acceptors (Lipinski definition) is 5. The van der Waals surface area contributed by atoms with Crippen molar-refractivity contribution in [2.45, 2.75) is 6.54 Å². The molecule has 146 valence electrons. The van der Waals surface area contributed by atoms with Crippen LogP contribution < -0.4 is 24.8 Å². The lowest BCUT2D eigenvalue weighted by Crippen LogP contribution is -2.19. The van der Waals surface area contributed by atoms with Crippen molar-refractivity contribution in [3.63, 3.8) is 0 Å². The molecule has 0 aliphatic heterocycles. The molecule has 2 aromatic carbocycles. The van der Waals surface area contributed by atoms with Gasteiger partial charge in [0.25, 0.3) is 0 Å². The lowest BCUT2D eigenvalue weighted by atomic mass is 10.2. The van der Waals surface area contributed by atoms with Crippen molar-refractivity contribution in [1.29, 1.82) is 0 Å². The highest BCUT2D eigenvalue weighted by Crippen LogP contribution is 2.29. The summed E-state index contributed by atoms with van der Waals surface area (Å²) in [6, 6.07) is 13.3. The summed E-state index contributed by atoms with van der Waals surface area (Å²) < 4.78 is 17.7. The molecule has 0 atom stereocenters. The molecular formula is C20H22N4O3S. The van der Waals surface area contributed by atoms with Crippen LogP contribution in [0.15, 0.2) is 54.9 Å². The Bertz CT molecular complexity index is 958. The normalized spacial score (nSPS) is 10.2. The molecule has 0 saturated heterocycles. The molecule has 0 bridgehead atoms. The van der Waals surface area contributed by atoms with Crippen LogP contribution in [-0.2, 0) is 6.54 Å². The fourth-order valence-corrected chi connectivity index (χ4v) is 2.89. The Hall–Kier alpha value is -3.26. The molecular weight excluding hydrogens is 376 g/mol. The predicted octanol–water partition coefficient (Wildman–Crippen LogP) is 3.77. The topological polar surface area (TPSA) is 69.6 Å². The number of aromatic nitrogens is 2. The summed E-state index contributed by atoms with van der Waals surface area (Å²) >= 11 is 5.40. The van der Waals surface area contributed by atoms with Gasteiger partial charge >= 0.3 is 0 Å². The van der Waals surface area contributed by atoms with Gasteiger partial charge in [0.1, 0.15) is 17.2 Å². The summed E-state index contributed by atoms with van der Waals surface area (Å²) in [7, 11) is 4.86. The van der Waals surface area contributed by atoms with Gasteiger partial charge < -0.3 is 24.8 Å². The first-order valence-corrected chi connectivity index (χ1v) is 8.97. The van der Waals surface area contributed by atoms with Crippen LogP contribution in [0, 0.1) is 0 Å². The van der Waals surface area contributed by atoms with E-state index in [0.717, 1.165) is 22.7 Å². The Morgan fingerprint density at radius 3 is 2.54 bits per heavy atom. The zero-order valence-electron chi connectivity index (χ0n) is 15.9. The van der Waals surface area contributed by atoms with Gasteiger partial charge in [0, 0.05) is 12.3 Å². The fourth-order valence-electron chi connectivity index (χ4n) is 2.66. The van der Waals surface area contributed by atoms with E-state index in [-0.39, 0.29) is 0 Å². The lowest BCUT2D eigenvalue weighted by molar-refractivity contribution is 0.395. The highest BCUT2D eigenvalue weighted by atomic mass is 32.1. The van der Waals surface area contributed by atoms with Crippen LogP contribution in [0.2, 0.25) is 0 Å². The van der Waals surface area contributed by atoms with Crippen LogP contribution in [0.3, 0.4) is 0 Å². The molecule has 28 heavy (non-hydrogen) atoms. The molecule has 0 aliphatic rings. The summed E-state index contributed by atoms with van der Waals surface area (Å²) in [5.41, 5.74) is 2.62. The molecule has 7 nitrogen and oxygen atoms in total. The largest absolute Gasteiger partial charge is 0.497 e. The third-order valence-electron chi connectivity index (χ3n) is 4.03. The van der Waals surface area contributed by atoms with Crippen molar-refractivity contribution in [3.05, 3.63) is 60.4 Å². The zero-order valence-corrected chi connectivity index (χ0v) is 16.7. The summed E-state index contributed by atoms with van der Waals surface area (Å²) in [6.45, 7) is 0.630. The fraction of sp³-hybridized carbons (Fsp3) is 0.200. The number of hydrogen-bond donors (Lipinski definition) is 2. The summed E-state index contributed by atoms with van der Waals surface area (Å²) in [5, 5.41) is 11.0. The molecule has 0 aliphatic carbocycles. The molecule has 1 heterocycles. The van der Waals surface area contributed by atoms with Crippen LogP contribution in [0.5, 0.6) is 17.2 Å². The third-order valence-corrected chi connectivity index (χ3v) is 4.23. The van der Waals surface area contributed by atoms with E-state index in [0.29, 0.717) is 23.2 Å². The van der Waals surface area contributed by atoms with Gasteiger partial charge in [0.2, 0.25) is 0 Å². The van der Waals surface area contributed by atoms with Gasteiger partial charge in [-0.15, -0.1) is 0 Å². The maximum atomic E-state index is 5.40. The Morgan fingerprint density at radius 1 is 1.00 bits per heavy atom. The number of nitrogens with one attached hydrogen (secondary N) is 2. The van der Waals surface area contributed by atoms with Gasteiger partial charge in [-0.1, -0.05) is 12.1 Å². The number of nitrogens with zero attached hydrogens (tertiary/aromatic N) is 2. The van der Waals surface area contributed by atoms with Crippen LogP contribution in [0.4, 0.5) is 11.4 Å². The highest BCUT2D eigenvalue weighted by molar-refractivity contribution is 7.80. The quantitative estimate of drug-likeness (QED) is 0.587. The number of thiocarbonyl (C=S) groups is 1. The molecule has 3 aromatic rings. The minimum absolute atomic E-state index is 0.435. The Labute approximate surface area is 169 Å². The van der Waals surface area contributed by atoms with E-state index in [1.54, 1.807) is 33.6 Å². The maximum absolute atomic E-state index is 5.40. The van der Waals surface area contributed by atoms with Crippen LogP contribution in [0.1, 0.15) is 5.56 Å². The summed E-state index contributed by atoms with van der Waals surface area (Å²) in [6.07, 6.45) is 3.61. The average molecular weight is 398 g/mol. The molecule has 0 spiro atoms. The number of rotatable bonds is 7. The van der Waals surface area contributed by atoms with Gasteiger partial charge in [-0.25, -0.2) is 0 Å². The Morgan fingerprint density at radius 2 is 1.79 bits per heavy atom. The second kappa shape index (κ2) is 9.09. The van der Waals surface area contributed by atoms with E-state index in [9.17, 15) is 0 Å². The molecule has 1 aromatic heterocycles. The summed E-state index contributed by atoms with van der Waals surface area (Å²) in [5.74, 6) is 2.17. The Balaban J connectivity index is 1.62. The number of methoxy groups -OCH3 is 3. The van der Waals surface area contributed by atoms with Gasteiger partial charge in [-0.3, -0.25) is 4.68 Å². The SMILES string of the molecule is COc1cccc(Cn2cc(NC(=S)Nc3ccc(OC)cc3OC)cn2)c1. The van der Waals surface area contributed by atoms with Crippen LogP contribution in [-0.4, -0.2) is 36.2 Å². The first kappa shape index (κ1) is 19.5. The van der Waals surface area contributed by atoms with Crippen LogP contribution >= 0.6 is 12.2 Å². The van der Waals surface area contributed by atoms with Crippen molar-refractivity contribution < 1.29 is 14.2 Å². The van der Waals surface area contributed by atoms with Gasteiger partial charge in [0.15, 0.2) is 5.11 Å². The molecule has 0 radical (unpaired) electrons. The van der Waals surface area contributed by atoms with Crippen LogP contribution in [0.25, 0.3) is 0 Å². The smallest absolute Gasteiger partial charge is 0.175 e. The number of anilines is 2. The average Bonchev–Trinajstić information content (AvgIpc) is 3.14. The molecule has 8 heteroatoms. The minimum atomic E-state index is 0.435. The molecule has 0 unspecified atom stereocenters. The van der Waals surface area contributed by atoms with Gasteiger partial charge in [0.05, 0.1) is 45.4 Å². The van der Waals surface area contributed by atoms with Crippen molar-refractivity contribution in [1.82, 2.24) is 9.78 Å². The highest BCUT2D eigenvalue weighted by Gasteiger charge is 2.08. The maximum Gasteiger partial charge on any atom is 0.175 e. The minimum Gasteiger partial charge on any atom is -0.497 e. The van der Waals surface area contributed by atoms with E-state index in [4.69, 9.17) is 26.4 Å². The molecule has 0 saturated carbocycles. The summed E-state index contributed by atoms with van der Waals surface area (Å²) in [4.78, 5) is 0.